The van der Waals surface area contributed by atoms with Gasteiger partial charge in [0.2, 0.25) is 0 Å². The number of hydrogen-bond acceptors (Lipinski definition) is 3. The van der Waals surface area contributed by atoms with Crippen LogP contribution in [0, 0.1) is 6.92 Å². The van der Waals surface area contributed by atoms with Crippen molar-refractivity contribution in [3.63, 3.8) is 0 Å². The van der Waals surface area contributed by atoms with Crippen LogP contribution < -0.4 is 5.32 Å². The van der Waals surface area contributed by atoms with Gasteiger partial charge in [-0.05, 0) is 43.0 Å². The van der Waals surface area contributed by atoms with Crippen LogP contribution in [-0.2, 0) is 12.8 Å². The number of nitrogens with zero attached hydrogens (tertiary/aromatic N) is 3. The normalized spacial score (nSPS) is 13.7. The summed E-state index contributed by atoms with van der Waals surface area (Å²) in [5.74, 6) is -0.160. The molecule has 3 aromatic rings. The summed E-state index contributed by atoms with van der Waals surface area (Å²) < 4.78 is 0. The minimum absolute atomic E-state index is 0.121. The average Bonchev–Trinajstić information content (AvgIpc) is 3.18. The molecule has 1 aromatic heterocycles. The van der Waals surface area contributed by atoms with E-state index in [9.17, 15) is 4.79 Å². The van der Waals surface area contributed by atoms with Gasteiger partial charge in [0, 0.05) is 6.04 Å². The van der Waals surface area contributed by atoms with Crippen LogP contribution in [0.15, 0.2) is 54.6 Å². The van der Waals surface area contributed by atoms with E-state index < -0.39 is 0 Å². The van der Waals surface area contributed by atoms with E-state index in [4.69, 9.17) is 0 Å². The predicted octanol–water partition coefficient (Wildman–Crippen LogP) is 2.47. The summed E-state index contributed by atoms with van der Waals surface area (Å²) in [5.41, 5.74) is 4.48. The highest BCUT2D eigenvalue weighted by atomic mass is 16.2. The number of aryl methyl sites for hydroxylation is 1. The summed E-state index contributed by atoms with van der Waals surface area (Å²) in [5, 5.41) is 11.8. The maximum Gasteiger partial charge on any atom is 0.274 e. The highest BCUT2D eigenvalue weighted by molar-refractivity contribution is 5.93. The fourth-order valence-corrected chi connectivity index (χ4v) is 3.18. The molecule has 120 valence electrons. The monoisotopic (exact) mass is 318 g/mol. The number of para-hydroxylation sites is 1. The summed E-state index contributed by atoms with van der Waals surface area (Å²) >= 11 is 0. The van der Waals surface area contributed by atoms with E-state index in [2.05, 4.69) is 27.6 Å². The Morgan fingerprint density at radius 2 is 1.62 bits per heavy atom. The minimum atomic E-state index is -0.160. The molecule has 24 heavy (non-hydrogen) atoms. The molecule has 0 saturated heterocycles. The molecule has 0 saturated carbocycles. The number of rotatable bonds is 3. The van der Waals surface area contributed by atoms with Gasteiger partial charge in [0.25, 0.3) is 5.91 Å². The SMILES string of the molecule is Cc1nn(-c2ccccc2)nc1C(=O)NC1Cc2ccccc2C1. The molecule has 1 N–H and O–H groups in total. The van der Waals surface area contributed by atoms with Crippen molar-refractivity contribution in [1.29, 1.82) is 0 Å². The van der Waals surface area contributed by atoms with Gasteiger partial charge in [-0.3, -0.25) is 4.79 Å². The topological polar surface area (TPSA) is 59.8 Å². The van der Waals surface area contributed by atoms with Crippen molar-refractivity contribution < 1.29 is 4.79 Å². The van der Waals surface area contributed by atoms with Crippen molar-refractivity contribution >= 4 is 5.91 Å². The fourth-order valence-electron chi connectivity index (χ4n) is 3.18. The second-order valence-corrected chi connectivity index (χ2v) is 6.11. The van der Waals surface area contributed by atoms with Gasteiger partial charge < -0.3 is 5.32 Å². The minimum Gasteiger partial charge on any atom is -0.347 e. The van der Waals surface area contributed by atoms with Gasteiger partial charge in [-0.15, -0.1) is 5.10 Å². The van der Waals surface area contributed by atoms with Crippen LogP contribution in [0.1, 0.15) is 27.3 Å². The second kappa shape index (κ2) is 5.92. The molecule has 1 aliphatic carbocycles. The van der Waals surface area contributed by atoms with E-state index >= 15 is 0 Å². The number of nitrogens with one attached hydrogen (secondary N) is 1. The molecule has 0 aliphatic heterocycles. The first-order valence-electron chi connectivity index (χ1n) is 8.08. The van der Waals surface area contributed by atoms with Gasteiger partial charge in [-0.1, -0.05) is 42.5 Å². The second-order valence-electron chi connectivity index (χ2n) is 6.11. The summed E-state index contributed by atoms with van der Waals surface area (Å²) in [6, 6.07) is 18.0. The van der Waals surface area contributed by atoms with Crippen LogP contribution in [0.3, 0.4) is 0 Å². The van der Waals surface area contributed by atoms with E-state index in [1.807, 2.05) is 49.4 Å². The van der Waals surface area contributed by atoms with E-state index in [1.54, 1.807) is 0 Å². The lowest BCUT2D eigenvalue weighted by molar-refractivity contribution is 0.0932. The Hall–Kier alpha value is -2.95. The van der Waals surface area contributed by atoms with Crippen molar-refractivity contribution in [2.45, 2.75) is 25.8 Å². The Kier molecular flexibility index (Phi) is 3.61. The standard InChI is InChI=1S/C19H18N4O/c1-13-18(22-23(21-13)17-9-3-2-4-10-17)19(24)20-16-11-14-7-5-6-8-15(14)12-16/h2-10,16H,11-12H2,1H3,(H,20,24). The molecule has 1 amide bonds. The molecule has 5 nitrogen and oxygen atoms in total. The molecular weight excluding hydrogens is 300 g/mol. The lowest BCUT2D eigenvalue weighted by atomic mass is 10.1. The highest BCUT2D eigenvalue weighted by Crippen LogP contribution is 2.22. The summed E-state index contributed by atoms with van der Waals surface area (Å²) in [6.07, 6.45) is 1.74. The lowest BCUT2D eigenvalue weighted by Crippen LogP contribution is -2.36. The Morgan fingerprint density at radius 1 is 1.00 bits per heavy atom. The van der Waals surface area contributed by atoms with Gasteiger partial charge in [0.05, 0.1) is 11.4 Å². The quantitative estimate of drug-likeness (QED) is 0.807. The summed E-state index contributed by atoms with van der Waals surface area (Å²) in [4.78, 5) is 14.1. The first kappa shape index (κ1) is 14.6. The zero-order chi connectivity index (χ0) is 16.5. The largest absolute Gasteiger partial charge is 0.347 e. The third kappa shape index (κ3) is 2.69. The molecule has 0 atom stereocenters. The summed E-state index contributed by atoms with van der Waals surface area (Å²) in [7, 11) is 0. The smallest absolute Gasteiger partial charge is 0.274 e. The molecule has 5 heteroatoms. The van der Waals surface area contributed by atoms with Gasteiger partial charge in [0.15, 0.2) is 5.69 Å². The van der Waals surface area contributed by atoms with Crippen LogP contribution in [0.5, 0.6) is 0 Å². The molecular formula is C19H18N4O. The number of aromatic nitrogens is 3. The number of carbonyl (C=O) groups excluding carboxylic acids is 1. The van der Waals surface area contributed by atoms with Gasteiger partial charge in [-0.25, -0.2) is 0 Å². The summed E-state index contributed by atoms with van der Waals surface area (Å²) in [6.45, 7) is 1.81. The van der Waals surface area contributed by atoms with E-state index in [1.165, 1.54) is 15.9 Å². The average molecular weight is 318 g/mol. The maximum absolute atomic E-state index is 12.6. The molecule has 4 rings (SSSR count). The van der Waals surface area contributed by atoms with Crippen molar-refractivity contribution in [3.05, 3.63) is 77.1 Å². The van der Waals surface area contributed by atoms with Crippen LogP contribution >= 0.6 is 0 Å². The Labute approximate surface area is 140 Å². The zero-order valence-electron chi connectivity index (χ0n) is 13.4. The van der Waals surface area contributed by atoms with Crippen LogP contribution in [0.25, 0.3) is 5.69 Å². The molecule has 1 heterocycles. The highest BCUT2D eigenvalue weighted by Gasteiger charge is 2.25. The molecule has 0 spiro atoms. The van der Waals surface area contributed by atoms with Crippen LogP contribution in [0.2, 0.25) is 0 Å². The number of hydrogen-bond donors (Lipinski definition) is 1. The van der Waals surface area contributed by atoms with Crippen molar-refractivity contribution in [1.82, 2.24) is 20.3 Å². The fraction of sp³-hybridized carbons (Fsp3) is 0.211. The molecule has 0 fully saturated rings. The van der Waals surface area contributed by atoms with Gasteiger partial charge in [-0.2, -0.15) is 9.90 Å². The maximum atomic E-state index is 12.6. The third-order valence-electron chi connectivity index (χ3n) is 4.37. The number of benzene rings is 2. The molecule has 0 radical (unpaired) electrons. The zero-order valence-corrected chi connectivity index (χ0v) is 13.4. The number of carbonyl (C=O) groups is 1. The number of amides is 1. The van der Waals surface area contributed by atoms with Crippen LogP contribution in [-0.4, -0.2) is 26.9 Å². The van der Waals surface area contributed by atoms with E-state index in [0.717, 1.165) is 18.5 Å². The molecule has 1 aliphatic rings. The predicted molar refractivity (Wildman–Crippen MR) is 91.2 cm³/mol. The van der Waals surface area contributed by atoms with Crippen molar-refractivity contribution in [3.8, 4) is 5.69 Å². The van der Waals surface area contributed by atoms with Crippen LogP contribution in [0.4, 0.5) is 0 Å². The number of fused-ring (bicyclic) bond motifs is 1. The first-order chi connectivity index (χ1) is 11.7. The molecule has 2 aromatic carbocycles. The van der Waals surface area contributed by atoms with Crippen molar-refractivity contribution in [2.24, 2.45) is 0 Å². The van der Waals surface area contributed by atoms with Crippen molar-refractivity contribution in [2.75, 3.05) is 0 Å². The molecule has 0 bridgehead atoms. The molecule has 0 unspecified atom stereocenters. The Bertz CT molecular complexity index is 860. The Morgan fingerprint density at radius 3 is 2.29 bits per heavy atom. The third-order valence-corrected chi connectivity index (χ3v) is 4.37. The lowest BCUT2D eigenvalue weighted by Gasteiger charge is -2.10. The van der Waals surface area contributed by atoms with E-state index in [0.29, 0.717) is 11.4 Å². The first-order valence-corrected chi connectivity index (χ1v) is 8.08. The van der Waals surface area contributed by atoms with Gasteiger partial charge in [0.1, 0.15) is 0 Å². The van der Waals surface area contributed by atoms with Gasteiger partial charge >= 0.3 is 0 Å². The van der Waals surface area contributed by atoms with E-state index in [-0.39, 0.29) is 11.9 Å². The Balaban J connectivity index is 1.51.